The highest BCUT2D eigenvalue weighted by atomic mass is 16.5. The van der Waals surface area contributed by atoms with Crippen LogP contribution >= 0.6 is 0 Å². The van der Waals surface area contributed by atoms with E-state index in [9.17, 15) is 0 Å². The molecule has 124 valence electrons. The van der Waals surface area contributed by atoms with Gasteiger partial charge in [0, 0.05) is 30.3 Å². The lowest BCUT2D eigenvalue weighted by molar-refractivity contribution is 0.0927. The number of nitrogens with zero attached hydrogens (tertiary/aromatic N) is 3. The van der Waals surface area contributed by atoms with Gasteiger partial charge in [-0.05, 0) is 39.3 Å². The molecule has 1 aromatic heterocycles. The highest BCUT2D eigenvalue weighted by molar-refractivity contribution is 5.67. The molecule has 0 saturated carbocycles. The Morgan fingerprint density at radius 3 is 2.87 bits per heavy atom. The summed E-state index contributed by atoms with van der Waals surface area (Å²) < 4.78 is 8.20. The van der Waals surface area contributed by atoms with Crippen LogP contribution in [0.2, 0.25) is 0 Å². The smallest absolute Gasteiger partial charge is 0.123 e. The van der Waals surface area contributed by atoms with E-state index in [1.807, 2.05) is 19.6 Å². The van der Waals surface area contributed by atoms with Gasteiger partial charge in [-0.1, -0.05) is 19.1 Å². The molecule has 0 aliphatic carbocycles. The predicted octanol–water partition coefficient (Wildman–Crippen LogP) is 3.51. The van der Waals surface area contributed by atoms with Crippen LogP contribution in [0.25, 0.3) is 11.3 Å². The summed E-state index contributed by atoms with van der Waals surface area (Å²) in [6, 6.07) is 7.32. The van der Waals surface area contributed by atoms with Crippen LogP contribution in [0.5, 0.6) is 5.75 Å². The fourth-order valence-electron chi connectivity index (χ4n) is 3.58. The Labute approximate surface area is 139 Å². The molecular weight excluding hydrogens is 286 g/mol. The largest absolute Gasteiger partial charge is 0.492 e. The van der Waals surface area contributed by atoms with Crippen molar-refractivity contribution < 1.29 is 4.74 Å². The Balaban J connectivity index is 1.95. The van der Waals surface area contributed by atoms with Gasteiger partial charge in [-0.2, -0.15) is 0 Å². The number of ether oxygens (including phenoxy) is 1. The number of aryl methyl sites for hydroxylation is 1. The van der Waals surface area contributed by atoms with E-state index in [2.05, 4.69) is 53.4 Å². The first-order chi connectivity index (χ1) is 11.1. The Morgan fingerprint density at radius 2 is 2.22 bits per heavy atom. The molecular formula is C19H27N3O. The van der Waals surface area contributed by atoms with Gasteiger partial charge in [-0.25, -0.2) is 4.98 Å². The standard InChI is InChI=1S/C19H27N3O/c1-5-9-22(14(2)3)15-10-17-16(18-11-20-13-21(18)4)7-6-8-19(17)23-12-15/h6-8,11,13-15H,5,9-10,12H2,1-4H3/t15-/m1/s1. The molecule has 1 aliphatic rings. The van der Waals surface area contributed by atoms with Crippen LogP contribution in [-0.4, -0.2) is 39.7 Å². The second kappa shape index (κ2) is 6.75. The molecule has 3 rings (SSSR count). The van der Waals surface area contributed by atoms with Gasteiger partial charge in [0.15, 0.2) is 0 Å². The predicted molar refractivity (Wildman–Crippen MR) is 93.8 cm³/mol. The molecule has 4 nitrogen and oxygen atoms in total. The van der Waals surface area contributed by atoms with Crippen molar-refractivity contribution in [2.75, 3.05) is 13.2 Å². The summed E-state index contributed by atoms with van der Waals surface area (Å²) in [5.74, 6) is 1.03. The summed E-state index contributed by atoms with van der Waals surface area (Å²) in [5.41, 5.74) is 3.71. The van der Waals surface area contributed by atoms with E-state index in [1.54, 1.807) is 0 Å². The van der Waals surface area contributed by atoms with Gasteiger partial charge in [0.1, 0.15) is 12.4 Å². The zero-order valence-corrected chi connectivity index (χ0v) is 14.6. The molecule has 0 fully saturated rings. The first kappa shape index (κ1) is 16.1. The van der Waals surface area contributed by atoms with Gasteiger partial charge < -0.3 is 9.30 Å². The van der Waals surface area contributed by atoms with Crippen LogP contribution in [0.15, 0.2) is 30.7 Å². The van der Waals surface area contributed by atoms with Crippen molar-refractivity contribution in [3.05, 3.63) is 36.3 Å². The number of fused-ring (bicyclic) bond motifs is 1. The highest BCUT2D eigenvalue weighted by Crippen LogP contribution is 2.35. The van der Waals surface area contributed by atoms with Gasteiger partial charge in [0.25, 0.3) is 0 Å². The third kappa shape index (κ3) is 3.13. The van der Waals surface area contributed by atoms with Crippen LogP contribution in [0, 0.1) is 0 Å². The summed E-state index contributed by atoms with van der Waals surface area (Å²) in [6.45, 7) is 8.69. The first-order valence-electron chi connectivity index (χ1n) is 8.59. The average molecular weight is 313 g/mol. The fraction of sp³-hybridized carbons (Fsp3) is 0.526. The fourth-order valence-corrected chi connectivity index (χ4v) is 3.58. The topological polar surface area (TPSA) is 30.3 Å². The van der Waals surface area contributed by atoms with Gasteiger partial charge in [0.05, 0.1) is 18.2 Å². The number of hydrogen-bond donors (Lipinski definition) is 0. The summed E-state index contributed by atoms with van der Waals surface area (Å²) in [4.78, 5) is 6.84. The summed E-state index contributed by atoms with van der Waals surface area (Å²) in [6.07, 6.45) is 6.00. The van der Waals surface area contributed by atoms with Crippen LogP contribution in [0.4, 0.5) is 0 Å². The molecule has 1 aliphatic heterocycles. The van der Waals surface area contributed by atoms with Crippen molar-refractivity contribution >= 4 is 0 Å². The maximum absolute atomic E-state index is 6.12. The van der Waals surface area contributed by atoms with Crippen molar-refractivity contribution in [2.24, 2.45) is 7.05 Å². The first-order valence-corrected chi connectivity index (χ1v) is 8.59. The maximum atomic E-state index is 6.12. The van der Waals surface area contributed by atoms with Crippen molar-refractivity contribution in [1.29, 1.82) is 0 Å². The summed E-state index contributed by atoms with van der Waals surface area (Å²) >= 11 is 0. The molecule has 0 unspecified atom stereocenters. The summed E-state index contributed by atoms with van der Waals surface area (Å²) in [7, 11) is 2.04. The average Bonchev–Trinajstić information content (AvgIpc) is 2.97. The Bertz CT molecular complexity index is 662. The zero-order chi connectivity index (χ0) is 16.4. The van der Waals surface area contributed by atoms with Gasteiger partial charge in [-0.3, -0.25) is 4.90 Å². The minimum absolute atomic E-state index is 0.442. The molecule has 0 radical (unpaired) electrons. The highest BCUT2D eigenvalue weighted by Gasteiger charge is 2.28. The maximum Gasteiger partial charge on any atom is 0.123 e. The van der Waals surface area contributed by atoms with Crippen molar-refractivity contribution in [1.82, 2.24) is 14.5 Å². The third-order valence-corrected chi connectivity index (χ3v) is 4.71. The Morgan fingerprint density at radius 1 is 1.39 bits per heavy atom. The lowest BCUT2D eigenvalue weighted by Gasteiger charge is -2.38. The molecule has 0 N–H and O–H groups in total. The summed E-state index contributed by atoms with van der Waals surface area (Å²) in [5, 5.41) is 0. The zero-order valence-electron chi connectivity index (χ0n) is 14.6. The number of hydrogen-bond acceptors (Lipinski definition) is 3. The number of rotatable bonds is 5. The molecule has 1 aromatic carbocycles. The SMILES string of the molecule is CCCN(C(C)C)[C@H]1COc2cccc(-c3cncn3C)c2C1. The molecule has 0 saturated heterocycles. The van der Waals surface area contributed by atoms with E-state index in [4.69, 9.17) is 4.74 Å². The molecule has 2 aromatic rings. The van der Waals surface area contributed by atoms with Gasteiger partial charge in [-0.15, -0.1) is 0 Å². The minimum Gasteiger partial charge on any atom is -0.492 e. The van der Waals surface area contributed by atoms with E-state index in [0.29, 0.717) is 12.1 Å². The van der Waals surface area contributed by atoms with Crippen LogP contribution < -0.4 is 4.74 Å². The number of imidazole rings is 1. The van der Waals surface area contributed by atoms with E-state index in [1.165, 1.54) is 17.5 Å². The molecule has 0 amide bonds. The molecule has 2 heterocycles. The van der Waals surface area contributed by atoms with E-state index in [-0.39, 0.29) is 0 Å². The minimum atomic E-state index is 0.442. The molecule has 23 heavy (non-hydrogen) atoms. The third-order valence-electron chi connectivity index (χ3n) is 4.71. The molecule has 1 atom stereocenters. The molecule has 0 bridgehead atoms. The normalized spacial score (nSPS) is 17.4. The monoisotopic (exact) mass is 313 g/mol. The van der Waals surface area contributed by atoms with Gasteiger partial charge >= 0.3 is 0 Å². The quantitative estimate of drug-likeness (QED) is 0.846. The Kier molecular flexibility index (Phi) is 4.71. The van der Waals surface area contributed by atoms with Crippen molar-refractivity contribution in [3.8, 4) is 17.0 Å². The van der Waals surface area contributed by atoms with E-state index < -0.39 is 0 Å². The van der Waals surface area contributed by atoms with Crippen LogP contribution in [0.1, 0.15) is 32.8 Å². The number of aromatic nitrogens is 2. The number of benzene rings is 1. The van der Waals surface area contributed by atoms with E-state index >= 15 is 0 Å². The molecule has 0 spiro atoms. The van der Waals surface area contributed by atoms with Crippen molar-refractivity contribution in [3.63, 3.8) is 0 Å². The van der Waals surface area contributed by atoms with Crippen LogP contribution in [-0.2, 0) is 13.5 Å². The van der Waals surface area contributed by atoms with Crippen molar-refractivity contribution in [2.45, 2.75) is 45.7 Å². The molecule has 4 heteroatoms. The van der Waals surface area contributed by atoms with Gasteiger partial charge in [0.2, 0.25) is 0 Å². The lowest BCUT2D eigenvalue weighted by Crippen LogP contribution is -2.47. The Hall–Kier alpha value is -1.81. The second-order valence-electron chi connectivity index (χ2n) is 6.67. The second-order valence-corrected chi connectivity index (χ2v) is 6.67. The van der Waals surface area contributed by atoms with Crippen LogP contribution in [0.3, 0.4) is 0 Å². The van der Waals surface area contributed by atoms with E-state index in [0.717, 1.165) is 31.0 Å². The lowest BCUT2D eigenvalue weighted by atomic mass is 9.94.